The number of aromatic nitrogens is 2. The maximum atomic E-state index is 4.32. The summed E-state index contributed by atoms with van der Waals surface area (Å²) in [4.78, 5) is 4.32. The van der Waals surface area contributed by atoms with E-state index in [2.05, 4.69) is 33.9 Å². The lowest BCUT2D eigenvalue weighted by atomic mass is 10.3. The number of hydrogen-bond donors (Lipinski definition) is 1. The molecule has 3 heteroatoms. The Morgan fingerprint density at radius 2 is 2.06 bits per heavy atom. The molecule has 2 rings (SSSR count). The van der Waals surface area contributed by atoms with Gasteiger partial charge in [0.15, 0.2) is 0 Å². The zero-order valence-electron chi connectivity index (χ0n) is 9.56. The summed E-state index contributed by atoms with van der Waals surface area (Å²) in [6, 6.07) is 10.2. The first-order valence-corrected chi connectivity index (χ1v) is 5.74. The summed E-state index contributed by atoms with van der Waals surface area (Å²) in [5.74, 6) is 0.916. The number of benzene rings is 1. The topological polar surface area (TPSA) is 29.9 Å². The molecule has 0 unspecified atom stereocenters. The van der Waals surface area contributed by atoms with Gasteiger partial charge in [-0.2, -0.15) is 0 Å². The van der Waals surface area contributed by atoms with Crippen molar-refractivity contribution in [3.05, 3.63) is 42.7 Å². The fraction of sp³-hybridized carbons (Fsp3) is 0.308. The number of imidazole rings is 1. The number of nitrogens with zero attached hydrogens (tertiary/aromatic N) is 2. The lowest BCUT2D eigenvalue weighted by Crippen LogP contribution is -2.07. The smallest absolute Gasteiger partial charge is 0.207 e. The van der Waals surface area contributed by atoms with Crippen molar-refractivity contribution in [1.82, 2.24) is 9.55 Å². The molecule has 0 saturated carbocycles. The SMILES string of the molecule is CCCCNc1nccn1-c1ccccc1. The van der Waals surface area contributed by atoms with Crippen LogP contribution in [-0.2, 0) is 0 Å². The van der Waals surface area contributed by atoms with Crippen LogP contribution >= 0.6 is 0 Å². The third kappa shape index (κ3) is 2.42. The van der Waals surface area contributed by atoms with Crippen LogP contribution in [0.1, 0.15) is 19.8 Å². The van der Waals surface area contributed by atoms with Gasteiger partial charge in [0.1, 0.15) is 0 Å². The summed E-state index contributed by atoms with van der Waals surface area (Å²) in [6.07, 6.45) is 6.16. The lowest BCUT2D eigenvalue weighted by molar-refractivity contribution is 0.823. The first-order chi connectivity index (χ1) is 7.92. The van der Waals surface area contributed by atoms with Crippen LogP contribution in [0.25, 0.3) is 5.69 Å². The predicted molar refractivity (Wildman–Crippen MR) is 67.0 cm³/mol. The first kappa shape index (κ1) is 10.7. The molecule has 0 aliphatic carbocycles. The van der Waals surface area contributed by atoms with Crippen molar-refractivity contribution in [2.45, 2.75) is 19.8 Å². The highest BCUT2D eigenvalue weighted by Gasteiger charge is 2.02. The Kier molecular flexibility index (Phi) is 3.59. The van der Waals surface area contributed by atoms with E-state index in [0.29, 0.717) is 0 Å². The molecule has 0 atom stereocenters. The quantitative estimate of drug-likeness (QED) is 0.777. The van der Waals surface area contributed by atoms with Crippen molar-refractivity contribution in [3.63, 3.8) is 0 Å². The van der Waals surface area contributed by atoms with Crippen LogP contribution in [0, 0.1) is 0 Å². The number of nitrogens with one attached hydrogen (secondary N) is 1. The zero-order valence-corrected chi connectivity index (χ0v) is 9.56. The molecule has 84 valence electrons. The van der Waals surface area contributed by atoms with Gasteiger partial charge < -0.3 is 5.32 Å². The molecular weight excluding hydrogens is 198 g/mol. The van der Waals surface area contributed by atoms with Crippen molar-refractivity contribution in [3.8, 4) is 5.69 Å². The number of rotatable bonds is 5. The molecule has 2 aromatic rings. The van der Waals surface area contributed by atoms with Gasteiger partial charge in [-0.1, -0.05) is 31.5 Å². The second-order valence-electron chi connectivity index (χ2n) is 3.74. The van der Waals surface area contributed by atoms with E-state index < -0.39 is 0 Å². The fourth-order valence-electron chi connectivity index (χ4n) is 1.61. The molecule has 1 aromatic heterocycles. The molecule has 0 spiro atoms. The first-order valence-electron chi connectivity index (χ1n) is 5.74. The Balaban J connectivity index is 2.13. The highest BCUT2D eigenvalue weighted by Crippen LogP contribution is 2.13. The zero-order chi connectivity index (χ0) is 11.2. The number of hydrogen-bond acceptors (Lipinski definition) is 2. The Hall–Kier alpha value is -1.77. The molecule has 0 saturated heterocycles. The van der Waals surface area contributed by atoms with E-state index in [1.165, 1.54) is 12.8 Å². The van der Waals surface area contributed by atoms with Crippen molar-refractivity contribution in [2.24, 2.45) is 0 Å². The largest absolute Gasteiger partial charge is 0.355 e. The monoisotopic (exact) mass is 215 g/mol. The predicted octanol–water partition coefficient (Wildman–Crippen LogP) is 3.08. The lowest BCUT2D eigenvalue weighted by Gasteiger charge is -2.09. The van der Waals surface area contributed by atoms with Crippen molar-refractivity contribution in [2.75, 3.05) is 11.9 Å². The molecule has 0 amide bonds. The summed E-state index contributed by atoms with van der Waals surface area (Å²) in [5, 5.41) is 3.34. The van der Waals surface area contributed by atoms with E-state index in [4.69, 9.17) is 0 Å². The van der Waals surface area contributed by atoms with Crippen LogP contribution in [-0.4, -0.2) is 16.1 Å². The van der Waals surface area contributed by atoms with Crippen LogP contribution in [0.5, 0.6) is 0 Å². The summed E-state index contributed by atoms with van der Waals surface area (Å²) < 4.78 is 2.07. The molecule has 1 aromatic carbocycles. The van der Waals surface area contributed by atoms with Gasteiger partial charge in [0.2, 0.25) is 5.95 Å². The molecule has 0 aliphatic heterocycles. The second kappa shape index (κ2) is 5.35. The van der Waals surface area contributed by atoms with Gasteiger partial charge in [-0.25, -0.2) is 4.98 Å². The van der Waals surface area contributed by atoms with Gasteiger partial charge in [-0.05, 0) is 18.6 Å². The minimum Gasteiger partial charge on any atom is -0.355 e. The molecule has 0 bridgehead atoms. The van der Waals surface area contributed by atoms with Gasteiger partial charge in [-0.3, -0.25) is 4.57 Å². The van der Waals surface area contributed by atoms with Gasteiger partial charge >= 0.3 is 0 Å². The van der Waals surface area contributed by atoms with Gasteiger partial charge in [-0.15, -0.1) is 0 Å². The van der Waals surface area contributed by atoms with Crippen LogP contribution in [0.4, 0.5) is 5.95 Å². The molecule has 0 fully saturated rings. The molecule has 16 heavy (non-hydrogen) atoms. The number of anilines is 1. The number of para-hydroxylation sites is 1. The summed E-state index contributed by atoms with van der Waals surface area (Å²) in [5.41, 5.74) is 1.14. The van der Waals surface area contributed by atoms with Gasteiger partial charge in [0.05, 0.1) is 0 Å². The van der Waals surface area contributed by atoms with Crippen molar-refractivity contribution in [1.29, 1.82) is 0 Å². The van der Waals surface area contributed by atoms with Crippen LogP contribution in [0.15, 0.2) is 42.7 Å². The van der Waals surface area contributed by atoms with E-state index in [1.54, 1.807) is 0 Å². The molecule has 3 nitrogen and oxygen atoms in total. The van der Waals surface area contributed by atoms with Gasteiger partial charge in [0.25, 0.3) is 0 Å². The highest BCUT2D eigenvalue weighted by molar-refractivity contribution is 5.41. The average molecular weight is 215 g/mol. The molecule has 1 heterocycles. The van der Waals surface area contributed by atoms with E-state index in [0.717, 1.165) is 18.2 Å². The van der Waals surface area contributed by atoms with Crippen molar-refractivity contribution < 1.29 is 0 Å². The van der Waals surface area contributed by atoms with E-state index in [-0.39, 0.29) is 0 Å². The second-order valence-corrected chi connectivity index (χ2v) is 3.74. The van der Waals surface area contributed by atoms with E-state index >= 15 is 0 Å². The number of unbranched alkanes of at least 4 members (excludes halogenated alkanes) is 1. The van der Waals surface area contributed by atoms with Crippen LogP contribution < -0.4 is 5.32 Å². The molecule has 0 aliphatic rings. The summed E-state index contributed by atoms with van der Waals surface area (Å²) in [7, 11) is 0. The molecule has 0 radical (unpaired) electrons. The fourth-order valence-corrected chi connectivity index (χ4v) is 1.61. The Labute approximate surface area is 96.1 Å². The van der Waals surface area contributed by atoms with E-state index in [1.807, 2.05) is 30.6 Å². The maximum Gasteiger partial charge on any atom is 0.207 e. The highest BCUT2D eigenvalue weighted by atomic mass is 15.2. The van der Waals surface area contributed by atoms with Crippen LogP contribution in [0.2, 0.25) is 0 Å². The van der Waals surface area contributed by atoms with E-state index in [9.17, 15) is 0 Å². The maximum absolute atomic E-state index is 4.32. The Bertz CT molecular complexity index is 420. The Morgan fingerprint density at radius 1 is 1.25 bits per heavy atom. The van der Waals surface area contributed by atoms with Gasteiger partial charge in [0, 0.05) is 24.6 Å². The standard InChI is InChI=1S/C13H17N3/c1-2-3-9-14-13-15-10-11-16(13)12-7-5-4-6-8-12/h4-8,10-11H,2-3,9H2,1H3,(H,14,15). The van der Waals surface area contributed by atoms with Crippen molar-refractivity contribution >= 4 is 5.95 Å². The third-order valence-electron chi connectivity index (χ3n) is 2.49. The van der Waals surface area contributed by atoms with Crippen LogP contribution in [0.3, 0.4) is 0 Å². The minimum absolute atomic E-state index is 0.916. The Morgan fingerprint density at radius 3 is 2.81 bits per heavy atom. The molecule has 1 N–H and O–H groups in total. The third-order valence-corrected chi connectivity index (χ3v) is 2.49. The molecular formula is C13H17N3. The summed E-state index contributed by atoms with van der Waals surface area (Å²) in [6.45, 7) is 3.16. The summed E-state index contributed by atoms with van der Waals surface area (Å²) >= 11 is 0. The normalized spacial score (nSPS) is 10.3. The minimum atomic E-state index is 0.916. The average Bonchev–Trinajstić information content (AvgIpc) is 2.79.